The second kappa shape index (κ2) is 23.7. The van der Waals surface area contributed by atoms with Crippen LogP contribution in [0.2, 0.25) is 0 Å². The maximum atomic E-state index is 14.5. The minimum absolute atomic E-state index is 0.0990. The van der Waals surface area contributed by atoms with Gasteiger partial charge in [-0.3, -0.25) is 9.69 Å². The maximum Gasteiger partial charge on any atom is 0.314 e. The van der Waals surface area contributed by atoms with Gasteiger partial charge in [-0.1, -0.05) is 51.1 Å². The fourth-order valence-electron chi connectivity index (χ4n) is 10.2. The number of urea groups is 1. The van der Waals surface area contributed by atoms with Crippen LogP contribution in [0.25, 0.3) is 0 Å². The smallest absolute Gasteiger partial charge is 0.314 e. The summed E-state index contributed by atoms with van der Waals surface area (Å²) in [6.45, 7) is 18.6. The molecule has 0 saturated carbocycles. The van der Waals surface area contributed by atoms with Crippen molar-refractivity contribution in [3.05, 3.63) is 35.9 Å². The molecule has 3 fully saturated rings. The molecule has 2 amide bonds. The first-order valence-corrected chi connectivity index (χ1v) is 23.7. The van der Waals surface area contributed by atoms with Crippen molar-refractivity contribution in [2.24, 2.45) is 17.8 Å². The van der Waals surface area contributed by atoms with E-state index in [9.17, 15) is 35.1 Å². The Kier molecular flexibility index (Phi) is 20.1. The number of methoxy groups -OCH3 is 1. The monoisotopic (exact) mass is 925 g/mol. The lowest BCUT2D eigenvalue weighted by atomic mass is 9.77. The number of aliphatic hydroxyl groups excluding tert-OH is 3. The van der Waals surface area contributed by atoms with E-state index in [-0.39, 0.29) is 56.4 Å². The van der Waals surface area contributed by atoms with E-state index in [0.29, 0.717) is 25.9 Å². The first kappa shape index (κ1) is 55.1. The highest BCUT2D eigenvalue weighted by atomic mass is 16.7. The minimum Gasteiger partial charge on any atom is -0.459 e. The molecule has 17 heteroatoms. The summed E-state index contributed by atoms with van der Waals surface area (Å²) in [5.74, 6) is -2.91. The molecular weight excluding hydrogens is 841 g/mol. The fourth-order valence-corrected chi connectivity index (χ4v) is 10.2. The molecule has 65 heavy (non-hydrogen) atoms. The predicted octanol–water partition coefficient (Wildman–Crippen LogP) is 2.81. The van der Waals surface area contributed by atoms with Crippen molar-refractivity contribution in [1.29, 1.82) is 0 Å². The number of nitrogens with zero attached hydrogens (tertiary/aromatic N) is 2. The third-order valence-corrected chi connectivity index (χ3v) is 14.3. The minimum atomic E-state index is -1.93. The van der Waals surface area contributed by atoms with Crippen LogP contribution in [-0.2, 0) is 39.6 Å². The lowest BCUT2D eigenvalue weighted by Crippen LogP contribution is -2.60. The van der Waals surface area contributed by atoms with Crippen molar-refractivity contribution < 1.29 is 63.5 Å². The number of hydrogen-bond acceptors (Lipinski definition) is 15. The third-order valence-electron chi connectivity index (χ3n) is 14.3. The van der Waals surface area contributed by atoms with E-state index in [0.717, 1.165) is 5.56 Å². The molecular formula is C48H84N4O13. The predicted molar refractivity (Wildman–Crippen MR) is 245 cm³/mol. The number of carbonyl (C=O) groups excluding carboxylic acids is 2. The number of rotatable bonds is 13. The molecule has 3 heterocycles. The van der Waals surface area contributed by atoms with Crippen LogP contribution in [-0.4, -0.2) is 185 Å². The van der Waals surface area contributed by atoms with Gasteiger partial charge in [0.05, 0.1) is 41.5 Å². The molecule has 3 aliphatic heterocycles. The van der Waals surface area contributed by atoms with Gasteiger partial charge in [-0.05, 0) is 99.7 Å². The molecule has 1 aromatic carbocycles. The van der Waals surface area contributed by atoms with Crippen LogP contribution >= 0.6 is 0 Å². The summed E-state index contributed by atoms with van der Waals surface area (Å²) in [6, 6.07) is 8.46. The summed E-state index contributed by atoms with van der Waals surface area (Å²) < 4.78 is 38.0. The lowest BCUT2D eigenvalue weighted by molar-refractivity contribution is -0.318. The van der Waals surface area contributed by atoms with E-state index < -0.39 is 96.0 Å². The van der Waals surface area contributed by atoms with Gasteiger partial charge >= 0.3 is 12.0 Å². The summed E-state index contributed by atoms with van der Waals surface area (Å²) in [6.07, 6.45) is -8.43. The molecule has 0 aliphatic carbocycles. The van der Waals surface area contributed by atoms with E-state index in [1.807, 2.05) is 68.1 Å². The molecule has 0 radical (unpaired) electrons. The summed E-state index contributed by atoms with van der Waals surface area (Å²) in [5, 5.41) is 65.6. The van der Waals surface area contributed by atoms with Crippen molar-refractivity contribution >= 4 is 12.0 Å². The summed E-state index contributed by atoms with van der Waals surface area (Å²) in [4.78, 5) is 31.3. The number of hydrogen-bond donors (Lipinski definition) is 7. The second-order valence-corrected chi connectivity index (χ2v) is 20.1. The summed E-state index contributed by atoms with van der Waals surface area (Å²) in [5.41, 5.74) is -3.56. The molecule has 4 rings (SSSR count). The van der Waals surface area contributed by atoms with Gasteiger partial charge in [-0.25, -0.2) is 4.79 Å². The zero-order valence-corrected chi connectivity index (χ0v) is 41.3. The van der Waals surface area contributed by atoms with Crippen molar-refractivity contribution in [2.75, 3.05) is 47.4 Å². The Morgan fingerprint density at radius 3 is 2.18 bits per heavy atom. The molecule has 0 unspecified atom stereocenters. The van der Waals surface area contributed by atoms with Crippen LogP contribution in [0.5, 0.6) is 0 Å². The molecule has 0 bridgehead atoms. The number of nitrogens with one attached hydrogen (secondary N) is 2. The van der Waals surface area contributed by atoms with Gasteiger partial charge < -0.3 is 69.5 Å². The van der Waals surface area contributed by atoms with E-state index >= 15 is 0 Å². The lowest BCUT2D eigenvalue weighted by Gasteiger charge is -2.48. The van der Waals surface area contributed by atoms with E-state index in [4.69, 9.17) is 28.4 Å². The summed E-state index contributed by atoms with van der Waals surface area (Å²) >= 11 is 0. The van der Waals surface area contributed by atoms with Gasteiger partial charge in [0, 0.05) is 57.7 Å². The summed E-state index contributed by atoms with van der Waals surface area (Å²) in [7, 11) is 5.25. The molecule has 0 spiro atoms. The molecule has 1 aromatic rings. The Labute approximate surface area is 387 Å². The Hall–Kier alpha value is -2.52. The van der Waals surface area contributed by atoms with Gasteiger partial charge in [0.25, 0.3) is 0 Å². The molecule has 374 valence electrons. The normalized spacial score (nSPS) is 41.8. The largest absolute Gasteiger partial charge is 0.459 e. The molecule has 17 nitrogen and oxygen atoms in total. The Balaban J connectivity index is 1.73. The van der Waals surface area contributed by atoms with Crippen molar-refractivity contribution in [3.63, 3.8) is 0 Å². The van der Waals surface area contributed by atoms with Gasteiger partial charge in [0.1, 0.15) is 30.0 Å². The second-order valence-electron chi connectivity index (χ2n) is 20.1. The number of cyclic esters (lactones) is 1. The van der Waals surface area contributed by atoms with Crippen molar-refractivity contribution in [2.45, 2.75) is 192 Å². The number of carbonyl (C=O) groups is 2. The highest BCUT2D eigenvalue weighted by Gasteiger charge is 2.53. The van der Waals surface area contributed by atoms with Crippen LogP contribution < -0.4 is 10.6 Å². The van der Waals surface area contributed by atoms with E-state index in [1.165, 1.54) is 14.0 Å². The fraction of sp³-hybridized carbons (Fsp3) is 0.833. The molecule has 18 atom stereocenters. The van der Waals surface area contributed by atoms with Crippen LogP contribution in [0.3, 0.4) is 0 Å². The van der Waals surface area contributed by atoms with Crippen LogP contribution in [0.4, 0.5) is 4.79 Å². The van der Waals surface area contributed by atoms with Crippen molar-refractivity contribution in [1.82, 2.24) is 20.4 Å². The van der Waals surface area contributed by atoms with Gasteiger partial charge in [0.15, 0.2) is 12.6 Å². The SMILES string of the molecule is CC[C@H]1OC(=O)[C@H](C)[C@@H](O[C@@H]2C[C@@](C)(OC)[C@@H](O)[C@H](C)O2)[C@H](C)[C@@H](O[C@@H]2O[C@H](C)C[C@H](N(C)C)[C@H]2O)[C@](C)(O)C[C@@H](C)CN(CCNC(=O)NCCc2ccccc2)[C@H](C)[C@@H](O)[C@]1(C)O. The molecule has 0 aromatic heterocycles. The number of esters is 1. The molecule has 7 N–H and O–H groups in total. The quantitative estimate of drug-likeness (QED) is 0.142. The highest BCUT2D eigenvalue weighted by Crippen LogP contribution is 2.40. The Morgan fingerprint density at radius 1 is 0.923 bits per heavy atom. The van der Waals surface area contributed by atoms with Gasteiger partial charge in [-0.2, -0.15) is 0 Å². The van der Waals surface area contributed by atoms with E-state index in [1.54, 1.807) is 48.5 Å². The van der Waals surface area contributed by atoms with Crippen LogP contribution in [0.1, 0.15) is 100 Å². The number of ether oxygens (including phenoxy) is 6. The number of likely N-dealkylation sites (N-methyl/N-ethyl adjacent to an activating group) is 1. The number of amides is 2. The first-order valence-electron chi connectivity index (χ1n) is 23.7. The van der Waals surface area contributed by atoms with Gasteiger partial charge in [-0.15, -0.1) is 0 Å². The third kappa shape index (κ3) is 14.0. The number of benzene rings is 1. The van der Waals surface area contributed by atoms with E-state index in [2.05, 4.69) is 10.6 Å². The zero-order chi connectivity index (χ0) is 48.6. The maximum absolute atomic E-state index is 14.5. The first-order chi connectivity index (χ1) is 30.4. The van der Waals surface area contributed by atoms with Crippen LogP contribution in [0.15, 0.2) is 30.3 Å². The average molecular weight is 925 g/mol. The standard InChI is InChI=1S/C48H84N4O13/c1-14-36-48(10,59)40(54)32(6)52(23-22-50-45(57)49-21-20-34-18-16-15-17-19-34)27-28(2)25-46(8,58)42(65-44-38(53)35(51(11)12)24-29(3)61-44)30(4)39(31(5)43(56)63-36)64-37-26-47(9,60-13)41(55)33(7)62-37/h15-19,28-33,35-42,44,53-55,58-59H,14,20-27H2,1-13H3,(H2,49,50,57)/t28-,29-,30+,31-,32-,33+,35+,36-,37-,38-,39+,40-,41+,42-,44+,46-,47-,48-/m1/s1. The van der Waals surface area contributed by atoms with Crippen LogP contribution in [0, 0.1) is 17.8 Å². The highest BCUT2D eigenvalue weighted by molar-refractivity contribution is 5.74. The number of aliphatic hydroxyl groups is 5. The topological polar surface area (TPSA) is 221 Å². The average Bonchev–Trinajstić information content (AvgIpc) is 3.24. The Morgan fingerprint density at radius 2 is 1.57 bits per heavy atom. The van der Waals surface area contributed by atoms with Gasteiger partial charge in [0.2, 0.25) is 0 Å². The zero-order valence-electron chi connectivity index (χ0n) is 41.3. The Bertz CT molecular complexity index is 1620. The molecule has 3 saturated heterocycles. The van der Waals surface area contributed by atoms with Crippen molar-refractivity contribution in [3.8, 4) is 0 Å². The molecule has 3 aliphatic rings.